The number of rotatable bonds is 7. The quantitative estimate of drug-likeness (QED) is 0.790. The fourth-order valence-corrected chi connectivity index (χ4v) is 4.42. The Labute approximate surface area is 127 Å². The van der Waals surface area contributed by atoms with Crippen LogP contribution >= 0.6 is 0 Å². The van der Waals surface area contributed by atoms with Gasteiger partial charge in [0, 0.05) is 19.1 Å². The number of nitrogens with one attached hydrogen (secondary N) is 1. The summed E-state index contributed by atoms with van der Waals surface area (Å²) in [6.45, 7) is 8.77. The van der Waals surface area contributed by atoms with E-state index in [0.717, 1.165) is 12.8 Å². The molecule has 1 atom stereocenters. The van der Waals surface area contributed by atoms with Gasteiger partial charge in [-0.3, -0.25) is 4.68 Å². The first-order valence-corrected chi connectivity index (χ1v) is 9.01. The number of nitrogens with zero attached hydrogens (tertiary/aromatic N) is 2. The van der Waals surface area contributed by atoms with Crippen molar-refractivity contribution in [2.75, 3.05) is 6.54 Å². The van der Waals surface area contributed by atoms with Gasteiger partial charge in [-0.15, -0.1) is 0 Å². The molecule has 1 heterocycles. The van der Waals surface area contributed by atoms with Crippen molar-refractivity contribution in [3.8, 4) is 0 Å². The topological polar surface area (TPSA) is 90.0 Å². The predicted octanol–water partition coefficient (Wildman–Crippen LogP) is 1.17. The van der Waals surface area contributed by atoms with Gasteiger partial charge in [-0.1, -0.05) is 13.8 Å². The zero-order valence-electron chi connectivity index (χ0n) is 13.3. The predicted molar refractivity (Wildman–Crippen MR) is 82.4 cm³/mol. The van der Waals surface area contributed by atoms with Crippen LogP contribution in [0.2, 0.25) is 0 Å². The summed E-state index contributed by atoms with van der Waals surface area (Å²) in [4.78, 5) is 0.308. The molecule has 21 heavy (non-hydrogen) atoms. The Hall–Kier alpha value is -0.920. The molecule has 1 saturated carbocycles. The molecule has 6 nitrogen and oxygen atoms in total. The van der Waals surface area contributed by atoms with Crippen molar-refractivity contribution in [3.63, 3.8) is 0 Å². The van der Waals surface area contributed by atoms with E-state index in [0.29, 0.717) is 41.2 Å². The number of hydrogen-bond donors (Lipinski definition) is 2. The summed E-state index contributed by atoms with van der Waals surface area (Å²) in [5.74, 6) is 0.797. The molecule has 1 aliphatic rings. The van der Waals surface area contributed by atoms with E-state index >= 15 is 0 Å². The Bertz CT molecular complexity index is 603. The molecular formula is C14H26N4O2S. The summed E-state index contributed by atoms with van der Waals surface area (Å²) in [5, 5.41) is 4.38. The Balaban J connectivity index is 2.29. The summed E-state index contributed by atoms with van der Waals surface area (Å²) in [7, 11) is -3.57. The van der Waals surface area contributed by atoms with Gasteiger partial charge >= 0.3 is 0 Å². The van der Waals surface area contributed by atoms with Crippen LogP contribution < -0.4 is 10.5 Å². The van der Waals surface area contributed by atoms with E-state index < -0.39 is 10.0 Å². The number of sulfonamides is 1. The van der Waals surface area contributed by atoms with Crippen LogP contribution in [0.5, 0.6) is 0 Å². The summed E-state index contributed by atoms with van der Waals surface area (Å²) < 4.78 is 29.9. The molecular weight excluding hydrogens is 288 g/mol. The number of hydrogen-bond acceptors (Lipinski definition) is 4. The van der Waals surface area contributed by atoms with Crippen LogP contribution in [0.4, 0.5) is 0 Å². The third kappa shape index (κ3) is 3.64. The van der Waals surface area contributed by atoms with Gasteiger partial charge in [-0.2, -0.15) is 5.10 Å². The average molecular weight is 314 g/mol. The van der Waals surface area contributed by atoms with Crippen LogP contribution in [0.1, 0.15) is 38.1 Å². The van der Waals surface area contributed by atoms with Crippen molar-refractivity contribution in [1.82, 2.24) is 14.5 Å². The lowest BCUT2D eigenvalue weighted by Crippen LogP contribution is -2.42. The molecule has 0 saturated heterocycles. The second-order valence-corrected chi connectivity index (χ2v) is 8.03. The molecule has 7 heteroatoms. The highest BCUT2D eigenvalue weighted by molar-refractivity contribution is 7.89. The first-order valence-electron chi connectivity index (χ1n) is 7.52. The summed E-state index contributed by atoms with van der Waals surface area (Å²) in [6, 6.07) is -0.165. The third-order valence-electron chi connectivity index (χ3n) is 3.87. The Morgan fingerprint density at radius 2 is 2.00 bits per heavy atom. The fraction of sp³-hybridized carbons (Fsp3) is 0.786. The van der Waals surface area contributed by atoms with Crippen molar-refractivity contribution < 1.29 is 8.42 Å². The monoisotopic (exact) mass is 314 g/mol. The number of nitrogens with two attached hydrogens (primary N) is 1. The maximum Gasteiger partial charge on any atom is 0.244 e. The third-order valence-corrected chi connectivity index (χ3v) is 5.61. The van der Waals surface area contributed by atoms with Gasteiger partial charge in [0.1, 0.15) is 4.90 Å². The molecule has 0 bridgehead atoms. The minimum Gasteiger partial charge on any atom is -0.329 e. The largest absolute Gasteiger partial charge is 0.329 e. The van der Waals surface area contributed by atoms with E-state index in [1.807, 2.05) is 6.92 Å². The molecule has 1 unspecified atom stereocenters. The molecule has 1 aromatic rings. The first kappa shape index (κ1) is 16.5. The minimum atomic E-state index is -3.57. The van der Waals surface area contributed by atoms with Crippen LogP contribution in [0.25, 0.3) is 0 Å². The first-order chi connectivity index (χ1) is 9.76. The number of aryl methyl sites for hydroxylation is 1. The van der Waals surface area contributed by atoms with Gasteiger partial charge in [0.2, 0.25) is 10.0 Å². The zero-order chi connectivity index (χ0) is 15.8. The smallest absolute Gasteiger partial charge is 0.244 e. The van der Waals surface area contributed by atoms with Crippen LogP contribution in [-0.4, -0.2) is 30.8 Å². The Morgan fingerprint density at radius 3 is 2.48 bits per heavy atom. The second-order valence-electron chi connectivity index (χ2n) is 6.38. The second kappa shape index (κ2) is 6.06. The normalized spacial score (nSPS) is 17.4. The van der Waals surface area contributed by atoms with E-state index in [-0.39, 0.29) is 6.04 Å². The van der Waals surface area contributed by atoms with Crippen LogP contribution in [0.15, 0.2) is 4.90 Å². The lowest BCUT2D eigenvalue weighted by Gasteiger charge is -2.16. The lowest BCUT2D eigenvalue weighted by atomic mass is 10.2. The molecule has 1 aliphatic carbocycles. The molecule has 120 valence electrons. The molecule has 0 amide bonds. The zero-order valence-corrected chi connectivity index (χ0v) is 14.1. The molecule has 0 aliphatic heterocycles. The van der Waals surface area contributed by atoms with E-state index in [9.17, 15) is 8.42 Å². The maximum absolute atomic E-state index is 12.7. The molecule has 0 spiro atoms. The summed E-state index contributed by atoms with van der Waals surface area (Å²) in [6.07, 6.45) is 2.10. The van der Waals surface area contributed by atoms with Crippen molar-refractivity contribution in [2.45, 2.75) is 58.0 Å². The van der Waals surface area contributed by atoms with Gasteiger partial charge in [-0.05, 0) is 38.5 Å². The Kier molecular flexibility index (Phi) is 4.75. The maximum atomic E-state index is 12.7. The lowest BCUT2D eigenvalue weighted by molar-refractivity contribution is 0.471. The number of aromatic nitrogens is 2. The van der Waals surface area contributed by atoms with Crippen LogP contribution in [-0.2, 0) is 16.6 Å². The van der Waals surface area contributed by atoms with Gasteiger partial charge in [0.25, 0.3) is 0 Å². The molecule has 3 N–H and O–H groups in total. The summed E-state index contributed by atoms with van der Waals surface area (Å²) >= 11 is 0. The average Bonchev–Trinajstić information content (AvgIpc) is 3.14. The van der Waals surface area contributed by atoms with Gasteiger partial charge < -0.3 is 5.73 Å². The van der Waals surface area contributed by atoms with Crippen molar-refractivity contribution in [2.24, 2.45) is 17.6 Å². The SMILES string of the molecule is Cc1nn(CC(C)C)c(C)c1S(=O)(=O)NC(CN)C1CC1. The molecule has 1 fully saturated rings. The van der Waals surface area contributed by atoms with Crippen molar-refractivity contribution in [1.29, 1.82) is 0 Å². The highest BCUT2D eigenvalue weighted by Gasteiger charge is 2.35. The van der Waals surface area contributed by atoms with Crippen molar-refractivity contribution >= 4 is 10.0 Å². The molecule has 1 aromatic heterocycles. The van der Waals surface area contributed by atoms with Gasteiger partial charge in [0.05, 0.1) is 11.4 Å². The van der Waals surface area contributed by atoms with Crippen LogP contribution in [0.3, 0.4) is 0 Å². The standard InChI is InChI=1S/C14H26N4O2S/c1-9(2)8-18-11(4)14(10(3)16-18)21(19,20)17-13(7-15)12-5-6-12/h9,12-13,17H,5-8,15H2,1-4H3. The molecule has 0 aromatic carbocycles. The van der Waals surface area contributed by atoms with E-state index in [1.165, 1.54) is 0 Å². The van der Waals surface area contributed by atoms with E-state index in [4.69, 9.17) is 5.73 Å². The van der Waals surface area contributed by atoms with Crippen molar-refractivity contribution in [3.05, 3.63) is 11.4 Å². The Morgan fingerprint density at radius 1 is 1.38 bits per heavy atom. The van der Waals surface area contributed by atoms with Gasteiger partial charge in [0.15, 0.2) is 0 Å². The van der Waals surface area contributed by atoms with E-state index in [2.05, 4.69) is 23.7 Å². The highest BCUT2D eigenvalue weighted by atomic mass is 32.2. The molecule has 0 radical (unpaired) electrons. The van der Waals surface area contributed by atoms with Crippen LogP contribution in [0, 0.1) is 25.7 Å². The van der Waals surface area contributed by atoms with E-state index in [1.54, 1.807) is 11.6 Å². The fourth-order valence-electron chi connectivity index (χ4n) is 2.69. The highest BCUT2D eigenvalue weighted by Crippen LogP contribution is 2.33. The minimum absolute atomic E-state index is 0.165. The van der Waals surface area contributed by atoms with Gasteiger partial charge in [-0.25, -0.2) is 13.1 Å². The molecule has 2 rings (SSSR count). The summed E-state index contributed by atoms with van der Waals surface area (Å²) in [5.41, 5.74) is 6.94.